The molecule has 1 aliphatic rings. The third-order valence-corrected chi connectivity index (χ3v) is 5.38. The number of amides is 3. The van der Waals surface area contributed by atoms with Crippen LogP contribution >= 0.6 is 11.3 Å². The maximum Gasteiger partial charge on any atom is 0.336 e. The highest BCUT2D eigenvalue weighted by atomic mass is 32.1. The average molecular weight is 411 g/mol. The van der Waals surface area contributed by atoms with Crippen molar-refractivity contribution in [2.45, 2.75) is 13.0 Å². The lowest BCUT2D eigenvalue weighted by Gasteiger charge is -2.27. The van der Waals surface area contributed by atoms with Crippen molar-refractivity contribution < 1.29 is 14.0 Å². The van der Waals surface area contributed by atoms with Crippen LogP contribution in [-0.4, -0.2) is 45.0 Å². The number of nitrogens with one attached hydrogen (secondary N) is 1. The molecule has 3 heterocycles. The lowest BCUT2D eigenvalue weighted by molar-refractivity contribution is 0.0371. The standard InChI is InChI=1S/C20H18FN5O2S/c21-16-6-4-14(5-7-16)11-23-20(28)26-10-2-9-25(26)19(27)17-13-29-18(24-17)15-3-1-8-22-12-15/h1,3-8,12-13H,2,9-11H2,(H,23,28). The van der Waals surface area contributed by atoms with Gasteiger partial charge in [-0.1, -0.05) is 12.1 Å². The molecule has 1 fully saturated rings. The molecule has 4 rings (SSSR count). The summed E-state index contributed by atoms with van der Waals surface area (Å²) in [5, 5.41) is 7.98. The molecule has 0 aliphatic carbocycles. The Morgan fingerprint density at radius 3 is 2.69 bits per heavy atom. The summed E-state index contributed by atoms with van der Waals surface area (Å²) in [7, 11) is 0. The summed E-state index contributed by atoms with van der Waals surface area (Å²) in [6, 6.07) is 9.22. The number of halogens is 1. The number of hydrogen-bond acceptors (Lipinski definition) is 5. The minimum Gasteiger partial charge on any atom is -0.332 e. The van der Waals surface area contributed by atoms with Crippen LogP contribution in [0.15, 0.2) is 54.2 Å². The van der Waals surface area contributed by atoms with Crippen molar-refractivity contribution >= 4 is 23.3 Å². The molecule has 1 saturated heterocycles. The van der Waals surface area contributed by atoms with E-state index in [1.54, 1.807) is 29.9 Å². The van der Waals surface area contributed by atoms with Gasteiger partial charge in [0.15, 0.2) is 0 Å². The monoisotopic (exact) mass is 411 g/mol. The first-order valence-corrected chi connectivity index (χ1v) is 9.97. The molecule has 0 unspecified atom stereocenters. The Hall–Kier alpha value is -3.33. The highest BCUT2D eigenvalue weighted by Gasteiger charge is 2.32. The Balaban J connectivity index is 1.42. The lowest BCUT2D eigenvalue weighted by Crippen LogP contribution is -2.49. The normalized spacial score (nSPS) is 13.6. The van der Waals surface area contributed by atoms with Gasteiger partial charge in [-0.3, -0.25) is 9.78 Å². The Labute approximate surface area is 170 Å². The van der Waals surface area contributed by atoms with Crippen LogP contribution in [0.5, 0.6) is 0 Å². The number of hydrazine groups is 1. The van der Waals surface area contributed by atoms with Crippen molar-refractivity contribution in [2.24, 2.45) is 0 Å². The van der Waals surface area contributed by atoms with E-state index in [-0.39, 0.29) is 24.3 Å². The predicted molar refractivity (Wildman–Crippen MR) is 106 cm³/mol. The molecular weight excluding hydrogens is 393 g/mol. The zero-order valence-corrected chi connectivity index (χ0v) is 16.2. The fourth-order valence-corrected chi connectivity index (χ4v) is 3.82. The van der Waals surface area contributed by atoms with Crippen LogP contribution in [0.25, 0.3) is 10.6 Å². The number of nitrogens with zero attached hydrogens (tertiary/aromatic N) is 4. The molecule has 29 heavy (non-hydrogen) atoms. The third kappa shape index (κ3) is 4.24. The smallest absolute Gasteiger partial charge is 0.332 e. The number of pyridine rings is 1. The fraction of sp³-hybridized carbons (Fsp3) is 0.200. The molecule has 148 valence electrons. The molecule has 0 bridgehead atoms. The first kappa shape index (κ1) is 19.0. The Bertz CT molecular complexity index is 1010. The highest BCUT2D eigenvalue weighted by molar-refractivity contribution is 7.13. The highest BCUT2D eigenvalue weighted by Crippen LogP contribution is 2.24. The molecular formula is C20H18FN5O2S. The lowest BCUT2D eigenvalue weighted by atomic mass is 10.2. The zero-order chi connectivity index (χ0) is 20.2. The number of thiazole rings is 1. The number of aromatic nitrogens is 2. The minimum absolute atomic E-state index is 0.250. The molecule has 1 aliphatic heterocycles. The SMILES string of the molecule is O=C(NCc1ccc(F)cc1)N1CCCN1C(=O)c1csc(-c2cccnc2)n1. The van der Waals surface area contributed by atoms with Crippen LogP contribution in [0.2, 0.25) is 0 Å². The third-order valence-electron chi connectivity index (χ3n) is 4.49. The summed E-state index contributed by atoms with van der Waals surface area (Å²) in [4.78, 5) is 34.0. The molecule has 1 aromatic carbocycles. The van der Waals surface area contributed by atoms with E-state index in [4.69, 9.17) is 0 Å². The Morgan fingerprint density at radius 2 is 1.93 bits per heavy atom. The second-order valence-corrected chi connectivity index (χ2v) is 7.33. The van der Waals surface area contributed by atoms with E-state index in [0.29, 0.717) is 30.2 Å². The molecule has 3 aromatic rings. The van der Waals surface area contributed by atoms with E-state index >= 15 is 0 Å². The van der Waals surface area contributed by atoms with E-state index in [0.717, 1.165) is 11.1 Å². The topological polar surface area (TPSA) is 78.4 Å². The maximum atomic E-state index is 13.0. The second-order valence-electron chi connectivity index (χ2n) is 6.47. The van der Waals surface area contributed by atoms with Gasteiger partial charge in [-0.2, -0.15) is 0 Å². The van der Waals surface area contributed by atoms with Gasteiger partial charge in [-0.05, 0) is 36.2 Å². The number of carbonyl (C=O) groups is 2. The van der Waals surface area contributed by atoms with Crippen molar-refractivity contribution in [1.82, 2.24) is 25.3 Å². The van der Waals surface area contributed by atoms with Gasteiger partial charge in [0.25, 0.3) is 5.91 Å². The summed E-state index contributed by atoms with van der Waals surface area (Å²) in [5.41, 5.74) is 1.91. The van der Waals surface area contributed by atoms with Crippen LogP contribution in [-0.2, 0) is 6.54 Å². The van der Waals surface area contributed by atoms with Crippen molar-refractivity contribution in [3.8, 4) is 10.6 Å². The number of carbonyl (C=O) groups excluding carboxylic acids is 2. The molecule has 9 heteroatoms. The zero-order valence-electron chi connectivity index (χ0n) is 15.4. The summed E-state index contributed by atoms with van der Waals surface area (Å²) in [5.74, 6) is -0.642. The van der Waals surface area contributed by atoms with Gasteiger partial charge in [0.1, 0.15) is 16.5 Å². The molecule has 0 atom stereocenters. The van der Waals surface area contributed by atoms with Gasteiger partial charge in [0.05, 0.1) is 0 Å². The molecule has 0 radical (unpaired) electrons. The van der Waals surface area contributed by atoms with Crippen molar-refractivity contribution in [3.63, 3.8) is 0 Å². The van der Waals surface area contributed by atoms with E-state index in [1.807, 2.05) is 12.1 Å². The van der Waals surface area contributed by atoms with Crippen LogP contribution in [0.1, 0.15) is 22.5 Å². The summed E-state index contributed by atoms with van der Waals surface area (Å²) in [6.07, 6.45) is 4.06. The van der Waals surface area contributed by atoms with Crippen LogP contribution in [0.3, 0.4) is 0 Å². The number of hydrogen-bond donors (Lipinski definition) is 1. The Morgan fingerprint density at radius 1 is 1.14 bits per heavy atom. The molecule has 0 saturated carbocycles. The largest absolute Gasteiger partial charge is 0.336 e. The molecule has 0 spiro atoms. The van der Waals surface area contributed by atoms with E-state index in [9.17, 15) is 14.0 Å². The first-order chi connectivity index (χ1) is 14.1. The summed E-state index contributed by atoms with van der Waals surface area (Å²) < 4.78 is 13.0. The first-order valence-electron chi connectivity index (χ1n) is 9.09. The van der Waals surface area contributed by atoms with E-state index in [1.165, 1.54) is 33.5 Å². The van der Waals surface area contributed by atoms with Crippen LogP contribution in [0.4, 0.5) is 9.18 Å². The van der Waals surface area contributed by atoms with Crippen LogP contribution in [0, 0.1) is 5.82 Å². The quantitative estimate of drug-likeness (QED) is 0.714. The number of benzene rings is 1. The van der Waals surface area contributed by atoms with Crippen molar-refractivity contribution in [3.05, 3.63) is 71.2 Å². The Kier molecular flexibility index (Phi) is 5.48. The van der Waals surface area contributed by atoms with Crippen molar-refractivity contribution in [1.29, 1.82) is 0 Å². The molecule has 3 amide bonds. The number of urea groups is 1. The van der Waals surface area contributed by atoms with Gasteiger partial charge in [0.2, 0.25) is 0 Å². The predicted octanol–water partition coefficient (Wildman–Crippen LogP) is 3.32. The van der Waals surface area contributed by atoms with Crippen molar-refractivity contribution in [2.75, 3.05) is 13.1 Å². The molecule has 7 nitrogen and oxygen atoms in total. The van der Waals surface area contributed by atoms with Gasteiger partial charge in [-0.15, -0.1) is 11.3 Å². The fourth-order valence-electron chi connectivity index (χ4n) is 3.03. The average Bonchev–Trinajstić information content (AvgIpc) is 3.43. The van der Waals surface area contributed by atoms with Gasteiger partial charge >= 0.3 is 6.03 Å². The summed E-state index contributed by atoms with van der Waals surface area (Å²) in [6.45, 7) is 1.14. The number of rotatable bonds is 4. The van der Waals surface area contributed by atoms with E-state index in [2.05, 4.69) is 15.3 Å². The summed E-state index contributed by atoms with van der Waals surface area (Å²) >= 11 is 1.36. The maximum absolute atomic E-state index is 13.0. The second kappa shape index (κ2) is 8.36. The molecule has 1 N–H and O–H groups in total. The molecule has 2 aromatic heterocycles. The van der Waals surface area contributed by atoms with Gasteiger partial charge in [0, 0.05) is 43.0 Å². The van der Waals surface area contributed by atoms with Gasteiger partial charge < -0.3 is 5.32 Å². The minimum atomic E-state index is -0.372. The van der Waals surface area contributed by atoms with E-state index < -0.39 is 0 Å². The van der Waals surface area contributed by atoms with Crippen LogP contribution < -0.4 is 5.32 Å². The van der Waals surface area contributed by atoms with Gasteiger partial charge in [-0.25, -0.2) is 24.2 Å².